The molecule has 0 heterocycles. The molecule has 0 radical (unpaired) electrons. The summed E-state index contributed by atoms with van der Waals surface area (Å²) in [5.41, 5.74) is 8.12. The van der Waals surface area contributed by atoms with Crippen molar-refractivity contribution in [2.45, 2.75) is 13.8 Å². The van der Waals surface area contributed by atoms with E-state index < -0.39 is 0 Å². The number of anilines is 3. The summed E-state index contributed by atoms with van der Waals surface area (Å²) in [6, 6.07) is 11.0. The number of nitrogen functional groups attached to an aromatic ring is 1. The van der Waals surface area contributed by atoms with E-state index in [0.717, 1.165) is 22.9 Å². The van der Waals surface area contributed by atoms with Gasteiger partial charge in [-0.2, -0.15) is 0 Å². The van der Waals surface area contributed by atoms with E-state index in [-0.39, 0.29) is 0 Å². The fourth-order valence-electron chi connectivity index (χ4n) is 1.94. The molecule has 5 heteroatoms. The van der Waals surface area contributed by atoms with Gasteiger partial charge in [-0.3, -0.25) is 0 Å². The molecule has 2 rings (SSSR count). The van der Waals surface area contributed by atoms with Crippen LogP contribution in [0.5, 0.6) is 11.5 Å². The quantitative estimate of drug-likeness (QED) is 0.773. The number of hydrogen-bond donors (Lipinski definition) is 2. The van der Waals surface area contributed by atoms with Crippen LogP contribution in [0.4, 0.5) is 17.1 Å². The highest BCUT2D eigenvalue weighted by molar-refractivity contribution is 6.31. The predicted octanol–water partition coefficient (Wildman–Crippen LogP) is 4.46. The van der Waals surface area contributed by atoms with Crippen molar-refractivity contribution in [2.24, 2.45) is 0 Å². The smallest absolute Gasteiger partial charge is 0.142 e. The molecule has 0 aromatic heterocycles. The highest BCUT2D eigenvalue weighted by Crippen LogP contribution is 2.34. The largest absolute Gasteiger partial charge is 0.494 e. The molecule has 2 aromatic carbocycles. The molecular weight excluding hydrogens is 288 g/mol. The lowest BCUT2D eigenvalue weighted by atomic mass is 10.2. The van der Waals surface area contributed by atoms with Gasteiger partial charge in [0.2, 0.25) is 0 Å². The van der Waals surface area contributed by atoms with Gasteiger partial charge in [0.15, 0.2) is 0 Å². The Hall–Kier alpha value is -2.07. The van der Waals surface area contributed by atoms with Crippen molar-refractivity contribution in [3.05, 3.63) is 41.4 Å². The lowest BCUT2D eigenvalue weighted by molar-refractivity contribution is 0.332. The molecule has 0 atom stereocenters. The van der Waals surface area contributed by atoms with E-state index in [1.54, 1.807) is 12.1 Å². The van der Waals surface area contributed by atoms with Crippen LogP contribution in [0.25, 0.3) is 0 Å². The lowest BCUT2D eigenvalue weighted by Gasteiger charge is -2.15. The van der Waals surface area contributed by atoms with Gasteiger partial charge in [-0.15, -0.1) is 0 Å². The lowest BCUT2D eigenvalue weighted by Crippen LogP contribution is -2.01. The van der Waals surface area contributed by atoms with Crippen LogP contribution in [0.2, 0.25) is 5.02 Å². The number of hydrogen-bond acceptors (Lipinski definition) is 4. The molecule has 0 fully saturated rings. The number of benzene rings is 2. The Balaban J connectivity index is 2.33. The van der Waals surface area contributed by atoms with Crippen LogP contribution in [0, 0.1) is 0 Å². The van der Waals surface area contributed by atoms with Gasteiger partial charge >= 0.3 is 0 Å². The Morgan fingerprint density at radius 1 is 1.00 bits per heavy atom. The fourth-order valence-corrected chi connectivity index (χ4v) is 2.12. The molecule has 0 aliphatic carbocycles. The average Bonchev–Trinajstić information content (AvgIpc) is 2.45. The Morgan fingerprint density at radius 3 is 2.43 bits per heavy atom. The monoisotopic (exact) mass is 306 g/mol. The third-order valence-corrected chi connectivity index (χ3v) is 3.08. The topological polar surface area (TPSA) is 56.5 Å². The number of halogens is 1. The Bertz CT molecular complexity index is 617. The predicted molar refractivity (Wildman–Crippen MR) is 87.9 cm³/mol. The van der Waals surface area contributed by atoms with E-state index in [9.17, 15) is 0 Å². The van der Waals surface area contributed by atoms with E-state index in [4.69, 9.17) is 26.8 Å². The van der Waals surface area contributed by atoms with Crippen molar-refractivity contribution in [3.8, 4) is 11.5 Å². The van der Waals surface area contributed by atoms with Crippen LogP contribution >= 0.6 is 11.6 Å². The first-order valence-corrected chi connectivity index (χ1v) is 7.23. The fraction of sp³-hybridized carbons (Fsp3) is 0.250. The van der Waals surface area contributed by atoms with Gasteiger partial charge in [0, 0.05) is 11.1 Å². The van der Waals surface area contributed by atoms with Gasteiger partial charge in [0.25, 0.3) is 0 Å². The van der Waals surface area contributed by atoms with Crippen LogP contribution in [0.3, 0.4) is 0 Å². The summed E-state index contributed by atoms with van der Waals surface area (Å²) in [4.78, 5) is 0. The minimum atomic E-state index is 0.576. The van der Waals surface area contributed by atoms with Crippen molar-refractivity contribution < 1.29 is 9.47 Å². The highest BCUT2D eigenvalue weighted by Gasteiger charge is 2.08. The third kappa shape index (κ3) is 3.95. The Morgan fingerprint density at radius 2 is 1.76 bits per heavy atom. The van der Waals surface area contributed by atoms with Crippen LogP contribution in [0.1, 0.15) is 13.8 Å². The minimum Gasteiger partial charge on any atom is -0.494 e. The maximum absolute atomic E-state index is 5.97. The first-order chi connectivity index (χ1) is 10.1. The second-order valence-corrected chi connectivity index (χ2v) is 4.82. The number of ether oxygens (including phenoxy) is 2. The second kappa shape index (κ2) is 7.09. The zero-order valence-corrected chi connectivity index (χ0v) is 12.9. The van der Waals surface area contributed by atoms with E-state index in [1.165, 1.54) is 0 Å². The van der Waals surface area contributed by atoms with Gasteiger partial charge < -0.3 is 20.5 Å². The number of nitrogens with two attached hydrogens (primary N) is 1. The number of nitrogens with one attached hydrogen (secondary N) is 1. The van der Waals surface area contributed by atoms with Crippen molar-refractivity contribution in [1.82, 2.24) is 0 Å². The summed E-state index contributed by atoms with van der Waals surface area (Å²) < 4.78 is 11.1. The first kappa shape index (κ1) is 15.3. The van der Waals surface area contributed by atoms with E-state index in [1.807, 2.05) is 38.1 Å². The molecule has 0 saturated heterocycles. The van der Waals surface area contributed by atoms with E-state index in [2.05, 4.69) is 5.32 Å². The van der Waals surface area contributed by atoms with Gasteiger partial charge in [-0.25, -0.2) is 0 Å². The molecule has 0 amide bonds. The first-order valence-electron chi connectivity index (χ1n) is 6.85. The molecule has 2 aromatic rings. The standard InChI is InChI=1S/C16H19ClN2O2/c1-3-20-12-6-8-16(21-4-2)15(10-12)19-14-7-5-11(17)9-13(14)18/h5-10,19H,3-4,18H2,1-2H3. The summed E-state index contributed by atoms with van der Waals surface area (Å²) in [5.74, 6) is 1.52. The molecule has 0 bridgehead atoms. The molecule has 0 aliphatic rings. The SMILES string of the molecule is CCOc1ccc(OCC)c(Nc2ccc(Cl)cc2N)c1. The van der Waals surface area contributed by atoms with Crippen LogP contribution in [0.15, 0.2) is 36.4 Å². The molecule has 21 heavy (non-hydrogen) atoms. The molecule has 3 N–H and O–H groups in total. The molecule has 0 spiro atoms. The maximum Gasteiger partial charge on any atom is 0.142 e. The molecule has 0 saturated carbocycles. The average molecular weight is 307 g/mol. The van der Waals surface area contributed by atoms with Gasteiger partial charge in [0.05, 0.1) is 30.3 Å². The summed E-state index contributed by atoms with van der Waals surface area (Å²) >= 11 is 5.91. The van der Waals surface area contributed by atoms with Crippen LogP contribution in [-0.4, -0.2) is 13.2 Å². The maximum atomic E-state index is 5.97. The van der Waals surface area contributed by atoms with Crippen molar-refractivity contribution >= 4 is 28.7 Å². The minimum absolute atomic E-state index is 0.576. The third-order valence-electron chi connectivity index (χ3n) is 2.84. The van der Waals surface area contributed by atoms with Gasteiger partial charge in [-0.05, 0) is 44.2 Å². The zero-order chi connectivity index (χ0) is 15.2. The molecule has 112 valence electrons. The second-order valence-electron chi connectivity index (χ2n) is 4.38. The van der Waals surface area contributed by atoms with Gasteiger partial charge in [0.1, 0.15) is 11.5 Å². The van der Waals surface area contributed by atoms with E-state index in [0.29, 0.717) is 23.9 Å². The Kier molecular flexibility index (Phi) is 5.17. The summed E-state index contributed by atoms with van der Waals surface area (Å²) in [6.45, 7) is 5.08. The van der Waals surface area contributed by atoms with Gasteiger partial charge in [-0.1, -0.05) is 11.6 Å². The Labute approximate surface area is 129 Å². The molecule has 0 unspecified atom stereocenters. The van der Waals surface area contributed by atoms with Crippen molar-refractivity contribution in [2.75, 3.05) is 24.3 Å². The molecule has 4 nitrogen and oxygen atoms in total. The van der Waals surface area contributed by atoms with Crippen molar-refractivity contribution in [3.63, 3.8) is 0 Å². The summed E-state index contributed by atoms with van der Waals surface area (Å²) in [5, 5.41) is 3.87. The number of rotatable bonds is 6. The highest BCUT2D eigenvalue weighted by atomic mass is 35.5. The summed E-state index contributed by atoms with van der Waals surface area (Å²) in [6.07, 6.45) is 0. The van der Waals surface area contributed by atoms with Crippen LogP contribution < -0.4 is 20.5 Å². The van der Waals surface area contributed by atoms with Crippen molar-refractivity contribution in [1.29, 1.82) is 0 Å². The van der Waals surface area contributed by atoms with E-state index >= 15 is 0 Å². The molecule has 0 aliphatic heterocycles. The van der Waals surface area contributed by atoms with Crippen LogP contribution in [-0.2, 0) is 0 Å². The normalized spacial score (nSPS) is 10.2. The summed E-state index contributed by atoms with van der Waals surface area (Å²) in [7, 11) is 0. The molecular formula is C16H19ClN2O2. The zero-order valence-electron chi connectivity index (χ0n) is 12.2.